The number of carbonyl (C=O) groups is 1. The van der Waals surface area contributed by atoms with E-state index in [0.717, 1.165) is 28.6 Å². The van der Waals surface area contributed by atoms with E-state index in [9.17, 15) is 9.18 Å². The topological polar surface area (TPSA) is 56.3 Å². The van der Waals surface area contributed by atoms with Crippen LogP contribution in [0, 0.1) is 11.6 Å². The van der Waals surface area contributed by atoms with Gasteiger partial charge in [-0.2, -0.15) is 0 Å². The highest BCUT2D eigenvalue weighted by Gasteiger charge is 2.41. The van der Waals surface area contributed by atoms with Crippen LogP contribution in [-0.2, 0) is 6.42 Å². The third-order valence-corrected chi connectivity index (χ3v) is 5.68. The average Bonchev–Trinajstić information content (AvgIpc) is 3.00. The van der Waals surface area contributed by atoms with Crippen LogP contribution >= 0.6 is 0 Å². The Kier molecular flexibility index (Phi) is 4.89. The van der Waals surface area contributed by atoms with Gasteiger partial charge in [0.05, 0.1) is 11.6 Å². The SMILES string of the molecule is C[C@@H]1Cc2c([nH]c3ccccc23)[C@@H](c2c(F)cc(C(=O)O)cc2F)N1CC(C)(C)F. The van der Waals surface area contributed by atoms with Crippen LogP contribution in [0.25, 0.3) is 10.9 Å². The lowest BCUT2D eigenvalue weighted by Crippen LogP contribution is -2.48. The lowest BCUT2D eigenvalue weighted by molar-refractivity contribution is 0.0641. The van der Waals surface area contributed by atoms with Crippen LogP contribution in [0.4, 0.5) is 13.2 Å². The fraction of sp³-hybridized carbons (Fsp3) is 0.348. The number of aromatic nitrogens is 1. The summed E-state index contributed by atoms with van der Waals surface area (Å²) in [6.07, 6.45) is 0.600. The van der Waals surface area contributed by atoms with Crippen LogP contribution in [0.3, 0.4) is 0 Å². The molecule has 2 heterocycles. The summed E-state index contributed by atoms with van der Waals surface area (Å²) in [6, 6.07) is 8.15. The number of rotatable bonds is 4. The average molecular weight is 416 g/mol. The van der Waals surface area contributed by atoms with Crippen molar-refractivity contribution in [1.82, 2.24) is 9.88 Å². The summed E-state index contributed by atoms with van der Waals surface area (Å²) >= 11 is 0. The summed E-state index contributed by atoms with van der Waals surface area (Å²) in [7, 11) is 0. The molecule has 2 N–H and O–H groups in total. The predicted octanol–water partition coefficient (Wildman–Crippen LogP) is 5.23. The number of carboxylic acid groups (broad SMARTS) is 1. The van der Waals surface area contributed by atoms with Gasteiger partial charge in [0, 0.05) is 34.7 Å². The fourth-order valence-electron chi connectivity index (χ4n) is 4.47. The standard InChI is InChI=1S/C23H23F3N2O2/c1-12-8-15-14-6-4-5-7-18(14)27-20(15)21(28(12)11-23(2,3)26)19-16(24)9-13(22(29)30)10-17(19)25/h4-7,9-10,12,21,27H,8,11H2,1-3H3,(H,29,30)/t12-,21-/m1/s1. The number of alkyl halides is 1. The Morgan fingerprint density at radius 3 is 2.47 bits per heavy atom. The molecule has 158 valence electrons. The van der Waals surface area contributed by atoms with Gasteiger partial charge in [0.1, 0.15) is 17.3 Å². The van der Waals surface area contributed by atoms with E-state index >= 15 is 8.78 Å². The second-order valence-electron chi connectivity index (χ2n) is 8.57. The van der Waals surface area contributed by atoms with Crippen LogP contribution in [0.1, 0.15) is 54.0 Å². The van der Waals surface area contributed by atoms with E-state index in [1.165, 1.54) is 13.8 Å². The first-order chi connectivity index (χ1) is 14.1. The van der Waals surface area contributed by atoms with Crippen molar-refractivity contribution in [3.63, 3.8) is 0 Å². The highest BCUT2D eigenvalue weighted by atomic mass is 19.1. The molecule has 7 heteroatoms. The van der Waals surface area contributed by atoms with E-state index in [1.54, 1.807) is 4.90 Å². The number of H-pyrrole nitrogens is 1. The number of hydrogen-bond donors (Lipinski definition) is 2. The van der Waals surface area contributed by atoms with Gasteiger partial charge >= 0.3 is 5.97 Å². The molecule has 0 fully saturated rings. The van der Waals surface area contributed by atoms with Crippen LogP contribution in [0.5, 0.6) is 0 Å². The van der Waals surface area contributed by atoms with Crippen molar-refractivity contribution in [2.75, 3.05) is 6.54 Å². The van der Waals surface area contributed by atoms with Crippen molar-refractivity contribution in [3.05, 3.63) is 70.4 Å². The molecule has 0 saturated carbocycles. The van der Waals surface area contributed by atoms with Crippen molar-refractivity contribution in [3.8, 4) is 0 Å². The second kappa shape index (κ2) is 7.16. The molecular formula is C23H23F3N2O2. The molecule has 0 aliphatic carbocycles. The molecule has 4 rings (SSSR count). The first-order valence-corrected chi connectivity index (χ1v) is 9.83. The van der Waals surface area contributed by atoms with Crippen LogP contribution in [0.15, 0.2) is 36.4 Å². The molecule has 0 saturated heterocycles. The summed E-state index contributed by atoms with van der Waals surface area (Å²) < 4.78 is 44.9. The smallest absolute Gasteiger partial charge is 0.335 e. The monoisotopic (exact) mass is 416 g/mol. The Hall–Kier alpha value is -2.80. The maximum Gasteiger partial charge on any atom is 0.335 e. The fourth-order valence-corrected chi connectivity index (χ4v) is 4.47. The molecule has 0 unspecified atom stereocenters. The molecule has 0 bridgehead atoms. The Bertz CT molecular complexity index is 1110. The van der Waals surface area contributed by atoms with Gasteiger partial charge in [-0.15, -0.1) is 0 Å². The molecule has 2 aromatic carbocycles. The molecule has 1 aliphatic rings. The minimum absolute atomic E-state index is 0.0345. The zero-order chi connectivity index (χ0) is 21.8. The molecule has 2 atom stereocenters. The van der Waals surface area contributed by atoms with E-state index in [-0.39, 0.29) is 18.2 Å². The third-order valence-electron chi connectivity index (χ3n) is 5.68. The van der Waals surface area contributed by atoms with Crippen molar-refractivity contribution in [2.24, 2.45) is 0 Å². The second-order valence-corrected chi connectivity index (χ2v) is 8.57. The van der Waals surface area contributed by atoms with Gasteiger partial charge < -0.3 is 10.1 Å². The maximum absolute atomic E-state index is 15.1. The number of nitrogens with zero attached hydrogens (tertiary/aromatic N) is 1. The maximum atomic E-state index is 15.1. The number of carboxylic acids is 1. The van der Waals surface area contributed by atoms with Gasteiger partial charge in [0.25, 0.3) is 0 Å². The first kappa shape index (κ1) is 20.5. The van der Waals surface area contributed by atoms with E-state index in [4.69, 9.17) is 5.11 Å². The van der Waals surface area contributed by atoms with E-state index in [0.29, 0.717) is 12.1 Å². The molecule has 0 amide bonds. The minimum atomic E-state index is -1.59. The first-order valence-electron chi connectivity index (χ1n) is 9.83. The van der Waals surface area contributed by atoms with Gasteiger partial charge in [-0.1, -0.05) is 18.2 Å². The molecule has 3 aromatic rings. The third kappa shape index (κ3) is 3.47. The Morgan fingerprint density at radius 1 is 1.23 bits per heavy atom. The summed E-state index contributed by atoms with van der Waals surface area (Å²) in [5, 5.41) is 10.1. The Balaban J connectivity index is 1.97. The van der Waals surface area contributed by atoms with Crippen molar-refractivity contribution >= 4 is 16.9 Å². The quantitative estimate of drug-likeness (QED) is 0.613. The summed E-state index contributed by atoms with van der Waals surface area (Å²) in [5.41, 5.74) is 0.0558. The van der Waals surface area contributed by atoms with Gasteiger partial charge in [-0.3, -0.25) is 4.90 Å². The van der Waals surface area contributed by atoms with Crippen molar-refractivity contribution in [2.45, 2.75) is 44.9 Å². The number of aromatic carboxylic acids is 1. The lowest BCUT2D eigenvalue weighted by atomic mass is 9.87. The van der Waals surface area contributed by atoms with Gasteiger partial charge in [-0.25, -0.2) is 18.0 Å². The van der Waals surface area contributed by atoms with Crippen molar-refractivity contribution < 1.29 is 23.1 Å². The zero-order valence-corrected chi connectivity index (χ0v) is 17.0. The highest BCUT2D eigenvalue weighted by molar-refractivity contribution is 5.88. The molecule has 4 nitrogen and oxygen atoms in total. The summed E-state index contributed by atoms with van der Waals surface area (Å²) in [5.74, 6) is -3.33. The van der Waals surface area contributed by atoms with E-state index in [2.05, 4.69) is 4.98 Å². The number of fused-ring (bicyclic) bond motifs is 3. The number of para-hydroxylation sites is 1. The zero-order valence-electron chi connectivity index (χ0n) is 17.0. The molecule has 30 heavy (non-hydrogen) atoms. The molecule has 1 aliphatic heterocycles. The largest absolute Gasteiger partial charge is 0.478 e. The highest BCUT2D eigenvalue weighted by Crippen LogP contribution is 2.43. The molecule has 0 radical (unpaired) electrons. The number of benzene rings is 2. The summed E-state index contributed by atoms with van der Waals surface area (Å²) in [4.78, 5) is 16.2. The molecule has 1 aromatic heterocycles. The number of hydrogen-bond acceptors (Lipinski definition) is 2. The number of nitrogens with one attached hydrogen (secondary N) is 1. The van der Waals surface area contributed by atoms with E-state index < -0.39 is 34.9 Å². The lowest BCUT2D eigenvalue weighted by Gasteiger charge is -2.43. The summed E-state index contributed by atoms with van der Waals surface area (Å²) in [6.45, 7) is 4.73. The predicted molar refractivity (Wildman–Crippen MR) is 109 cm³/mol. The Labute approximate surface area is 172 Å². The van der Waals surface area contributed by atoms with Crippen LogP contribution < -0.4 is 0 Å². The molecular weight excluding hydrogens is 393 g/mol. The number of halogens is 3. The molecule has 0 spiro atoms. The van der Waals surface area contributed by atoms with Crippen molar-refractivity contribution in [1.29, 1.82) is 0 Å². The minimum Gasteiger partial charge on any atom is -0.478 e. The van der Waals surface area contributed by atoms with Gasteiger partial charge in [0.15, 0.2) is 0 Å². The van der Waals surface area contributed by atoms with Gasteiger partial charge in [0.2, 0.25) is 0 Å². The van der Waals surface area contributed by atoms with Crippen LogP contribution in [0.2, 0.25) is 0 Å². The normalized spacial score (nSPS) is 19.8. The van der Waals surface area contributed by atoms with Crippen LogP contribution in [-0.4, -0.2) is 39.2 Å². The Morgan fingerprint density at radius 2 is 1.87 bits per heavy atom. The van der Waals surface area contributed by atoms with Gasteiger partial charge in [-0.05, 0) is 51.0 Å². The van der Waals surface area contributed by atoms with E-state index in [1.807, 2.05) is 31.2 Å². The number of aromatic amines is 1.